The molecule has 0 unspecified atom stereocenters. The van der Waals surface area contributed by atoms with Crippen LogP contribution in [0.5, 0.6) is 0 Å². The highest BCUT2D eigenvalue weighted by atomic mass is 35.5. The fourth-order valence-electron chi connectivity index (χ4n) is 1.55. The zero-order valence-electron chi connectivity index (χ0n) is 10.8. The van der Waals surface area contributed by atoms with E-state index >= 15 is 0 Å². The molecule has 0 saturated carbocycles. The molecule has 0 bridgehead atoms. The van der Waals surface area contributed by atoms with Crippen molar-refractivity contribution in [1.82, 2.24) is 5.32 Å². The van der Waals surface area contributed by atoms with E-state index in [4.69, 9.17) is 58.6 Å². The Morgan fingerprint density at radius 1 is 0.864 bits per heavy atom. The van der Waals surface area contributed by atoms with Crippen molar-refractivity contribution in [2.24, 2.45) is 0 Å². The van der Waals surface area contributed by atoms with E-state index in [2.05, 4.69) is 10.6 Å². The van der Waals surface area contributed by atoms with Crippen LogP contribution in [0.25, 0.3) is 0 Å². The minimum absolute atomic E-state index is 0.120. The quantitative estimate of drug-likeness (QED) is 0.668. The predicted octanol–water partition coefficient (Wildman–Crippen LogP) is 5.43. The van der Waals surface area contributed by atoms with Crippen LogP contribution in [0.2, 0.25) is 20.1 Å². The predicted molar refractivity (Wildman–Crippen MR) is 96.6 cm³/mol. The monoisotopic (exact) mass is 392 g/mol. The van der Waals surface area contributed by atoms with Crippen molar-refractivity contribution >= 4 is 75.3 Å². The van der Waals surface area contributed by atoms with Gasteiger partial charge >= 0.3 is 0 Å². The lowest BCUT2D eigenvalue weighted by Gasteiger charge is -2.10. The molecule has 2 aromatic rings. The molecular weight excluding hydrogens is 386 g/mol. The first-order chi connectivity index (χ1) is 10.4. The van der Waals surface area contributed by atoms with Crippen LogP contribution >= 0.6 is 58.6 Å². The molecule has 0 aliphatic rings. The van der Waals surface area contributed by atoms with Crippen LogP contribution in [0.3, 0.4) is 0 Å². The standard InChI is InChI=1S/C14H8Cl4N2OS/c15-9-3-1-7(5-11(9)17)13(21)20-14(22)19-8-2-4-10(16)12(18)6-8/h1-6H,(H2,19,20,21,22). The van der Waals surface area contributed by atoms with E-state index < -0.39 is 5.91 Å². The Hall–Kier alpha value is -1.04. The first kappa shape index (κ1) is 17.3. The molecule has 114 valence electrons. The zero-order chi connectivity index (χ0) is 16.3. The van der Waals surface area contributed by atoms with Gasteiger partial charge in [0.2, 0.25) is 0 Å². The van der Waals surface area contributed by atoms with Gasteiger partial charge < -0.3 is 5.32 Å². The molecule has 22 heavy (non-hydrogen) atoms. The van der Waals surface area contributed by atoms with Gasteiger partial charge in [0.25, 0.3) is 5.91 Å². The smallest absolute Gasteiger partial charge is 0.257 e. The summed E-state index contributed by atoms with van der Waals surface area (Å²) in [6, 6.07) is 9.45. The maximum atomic E-state index is 12.0. The third-order valence-corrected chi connectivity index (χ3v) is 4.27. The maximum absolute atomic E-state index is 12.0. The molecule has 0 aliphatic heterocycles. The Kier molecular flexibility index (Phi) is 5.89. The van der Waals surface area contributed by atoms with Gasteiger partial charge in [-0.2, -0.15) is 0 Å². The Morgan fingerprint density at radius 3 is 2.05 bits per heavy atom. The third kappa shape index (κ3) is 4.48. The van der Waals surface area contributed by atoms with Crippen LogP contribution in [0, 0.1) is 0 Å². The summed E-state index contributed by atoms with van der Waals surface area (Å²) < 4.78 is 0. The first-order valence-corrected chi connectivity index (χ1v) is 7.81. The van der Waals surface area contributed by atoms with Crippen LogP contribution in [0.1, 0.15) is 10.4 Å². The molecule has 8 heteroatoms. The van der Waals surface area contributed by atoms with Gasteiger partial charge in [0.15, 0.2) is 5.11 Å². The average Bonchev–Trinajstić information content (AvgIpc) is 2.45. The summed E-state index contributed by atoms with van der Waals surface area (Å²) in [5.41, 5.74) is 0.946. The number of halogens is 4. The molecule has 3 nitrogen and oxygen atoms in total. The van der Waals surface area contributed by atoms with Crippen LogP contribution in [-0.4, -0.2) is 11.0 Å². The van der Waals surface area contributed by atoms with E-state index in [-0.39, 0.29) is 10.1 Å². The van der Waals surface area contributed by atoms with Crippen molar-refractivity contribution in [3.8, 4) is 0 Å². The van der Waals surface area contributed by atoms with E-state index in [1.165, 1.54) is 12.1 Å². The second-order valence-corrected chi connectivity index (χ2v) is 6.20. The molecule has 0 heterocycles. The summed E-state index contributed by atoms with van der Waals surface area (Å²) in [5, 5.41) is 6.95. The Balaban J connectivity index is 2.03. The number of rotatable bonds is 2. The van der Waals surface area contributed by atoms with E-state index in [0.717, 1.165) is 0 Å². The number of hydrogen-bond donors (Lipinski definition) is 2. The summed E-state index contributed by atoms with van der Waals surface area (Å²) in [5.74, 6) is -0.406. The van der Waals surface area contributed by atoms with E-state index in [0.29, 0.717) is 26.3 Å². The molecule has 0 aromatic heterocycles. The van der Waals surface area contributed by atoms with Crippen molar-refractivity contribution in [2.75, 3.05) is 5.32 Å². The molecular formula is C14H8Cl4N2OS. The van der Waals surface area contributed by atoms with Crippen molar-refractivity contribution in [3.63, 3.8) is 0 Å². The topological polar surface area (TPSA) is 41.1 Å². The average molecular weight is 394 g/mol. The van der Waals surface area contributed by atoms with Crippen LogP contribution in [0.4, 0.5) is 5.69 Å². The summed E-state index contributed by atoms with van der Waals surface area (Å²) in [4.78, 5) is 12.0. The minimum Gasteiger partial charge on any atom is -0.332 e. The highest BCUT2D eigenvalue weighted by molar-refractivity contribution is 7.80. The number of carbonyl (C=O) groups is 1. The number of nitrogens with one attached hydrogen (secondary N) is 2. The number of amides is 1. The highest BCUT2D eigenvalue weighted by Gasteiger charge is 2.10. The molecule has 2 N–H and O–H groups in total. The van der Waals surface area contributed by atoms with Crippen molar-refractivity contribution in [2.45, 2.75) is 0 Å². The summed E-state index contributed by atoms with van der Waals surface area (Å²) in [7, 11) is 0. The Labute approximate surface area is 152 Å². The zero-order valence-corrected chi connectivity index (χ0v) is 14.6. The lowest BCUT2D eigenvalue weighted by molar-refractivity contribution is 0.0978. The molecule has 0 saturated heterocycles. The van der Waals surface area contributed by atoms with Gasteiger partial charge in [0.05, 0.1) is 20.1 Å². The lowest BCUT2D eigenvalue weighted by Crippen LogP contribution is -2.34. The van der Waals surface area contributed by atoms with Crippen molar-refractivity contribution in [3.05, 3.63) is 62.1 Å². The summed E-state index contributed by atoms with van der Waals surface area (Å²) >= 11 is 28.5. The first-order valence-electron chi connectivity index (χ1n) is 5.89. The van der Waals surface area contributed by atoms with Gasteiger partial charge in [0, 0.05) is 11.3 Å². The summed E-state index contributed by atoms with van der Waals surface area (Å²) in [6.45, 7) is 0. The van der Waals surface area contributed by atoms with E-state index in [1.54, 1.807) is 24.3 Å². The molecule has 0 radical (unpaired) electrons. The van der Waals surface area contributed by atoms with Gasteiger partial charge in [-0.15, -0.1) is 0 Å². The molecule has 2 aromatic carbocycles. The lowest BCUT2D eigenvalue weighted by atomic mass is 10.2. The maximum Gasteiger partial charge on any atom is 0.257 e. The fraction of sp³-hybridized carbons (Fsp3) is 0. The highest BCUT2D eigenvalue weighted by Crippen LogP contribution is 2.25. The second kappa shape index (κ2) is 7.49. The SMILES string of the molecule is O=C(NC(=S)Nc1ccc(Cl)c(Cl)c1)c1ccc(Cl)c(Cl)c1. The van der Waals surface area contributed by atoms with Crippen LogP contribution in [-0.2, 0) is 0 Å². The second-order valence-electron chi connectivity index (χ2n) is 4.17. The summed E-state index contributed by atoms with van der Waals surface area (Å²) in [6.07, 6.45) is 0. The van der Waals surface area contributed by atoms with E-state index in [1.807, 2.05) is 0 Å². The molecule has 2 rings (SSSR count). The normalized spacial score (nSPS) is 10.2. The number of carbonyl (C=O) groups excluding carboxylic acids is 1. The molecule has 0 fully saturated rings. The molecule has 0 atom stereocenters. The number of anilines is 1. The van der Waals surface area contributed by atoms with Crippen molar-refractivity contribution < 1.29 is 4.79 Å². The Bertz CT molecular complexity index is 752. The third-order valence-electron chi connectivity index (χ3n) is 2.59. The fourth-order valence-corrected chi connectivity index (χ4v) is 2.36. The van der Waals surface area contributed by atoms with Gasteiger partial charge in [-0.3, -0.25) is 10.1 Å². The van der Waals surface area contributed by atoms with Gasteiger partial charge in [-0.1, -0.05) is 46.4 Å². The van der Waals surface area contributed by atoms with Gasteiger partial charge in [-0.25, -0.2) is 0 Å². The number of hydrogen-bond acceptors (Lipinski definition) is 2. The van der Waals surface area contributed by atoms with E-state index in [9.17, 15) is 4.79 Å². The minimum atomic E-state index is -0.406. The van der Waals surface area contributed by atoms with Crippen LogP contribution < -0.4 is 10.6 Å². The molecule has 1 amide bonds. The number of thiocarbonyl (C=S) groups is 1. The largest absolute Gasteiger partial charge is 0.332 e. The van der Waals surface area contributed by atoms with Gasteiger partial charge in [-0.05, 0) is 48.6 Å². The van der Waals surface area contributed by atoms with Crippen LogP contribution in [0.15, 0.2) is 36.4 Å². The molecule has 0 spiro atoms. The molecule has 0 aliphatic carbocycles. The van der Waals surface area contributed by atoms with Gasteiger partial charge in [0.1, 0.15) is 0 Å². The Morgan fingerprint density at radius 2 is 1.45 bits per heavy atom. The van der Waals surface area contributed by atoms with Crippen molar-refractivity contribution in [1.29, 1.82) is 0 Å². The number of benzene rings is 2.